The van der Waals surface area contributed by atoms with E-state index in [2.05, 4.69) is 6.08 Å². The molecule has 0 spiro atoms. The van der Waals surface area contributed by atoms with Gasteiger partial charge in [0.05, 0.1) is 9.90 Å². The molecule has 1 aromatic rings. The van der Waals surface area contributed by atoms with Crippen LogP contribution in [0.4, 0.5) is 0 Å². The van der Waals surface area contributed by atoms with Gasteiger partial charge in [0.2, 0.25) is 0 Å². The lowest BCUT2D eigenvalue weighted by Crippen LogP contribution is -2.01. The Hall–Kier alpha value is -0.600. The Labute approximate surface area is 105 Å². The number of hydrogen-bond donors (Lipinski definition) is 0. The van der Waals surface area contributed by atoms with Gasteiger partial charge in [0.25, 0.3) is 0 Å². The summed E-state index contributed by atoms with van der Waals surface area (Å²) in [6.07, 6.45) is 7.59. The number of carbonyl (C=O) groups excluding carboxylic acids is 1. The molecule has 1 aliphatic rings. The summed E-state index contributed by atoms with van der Waals surface area (Å²) in [6, 6.07) is 0. The second-order valence-electron chi connectivity index (χ2n) is 4.22. The predicted molar refractivity (Wildman–Crippen MR) is 69.6 cm³/mol. The summed E-state index contributed by atoms with van der Waals surface area (Å²) in [5.74, 6) is 0.144. The van der Waals surface area contributed by atoms with Crippen molar-refractivity contribution in [3.05, 3.63) is 32.5 Å². The SMILES string of the molecule is Cc1csc(C(=O)C2=CCCCCC2)c1Cl. The molecular weight excluding hydrogens is 240 g/mol. The molecule has 0 fully saturated rings. The third kappa shape index (κ3) is 2.38. The molecule has 1 aromatic heterocycles. The number of aryl methyl sites for hydroxylation is 1. The van der Waals surface area contributed by atoms with E-state index in [9.17, 15) is 4.79 Å². The van der Waals surface area contributed by atoms with E-state index in [4.69, 9.17) is 11.6 Å². The number of ketones is 1. The fourth-order valence-corrected chi connectivity index (χ4v) is 3.20. The fraction of sp³-hybridized carbons (Fsp3) is 0.462. The minimum Gasteiger partial charge on any atom is -0.288 e. The van der Waals surface area contributed by atoms with Gasteiger partial charge in [-0.1, -0.05) is 24.1 Å². The highest BCUT2D eigenvalue weighted by Gasteiger charge is 2.19. The molecule has 0 amide bonds. The molecule has 86 valence electrons. The van der Waals surface area contributed by atoms with Gasteiger partial charge in [0, 0.05) is 0 Å². The van der Waals surface area contributed by atoms with Gasteiger partial charge in [-0.05, 0) is 49.1 Å². The molecule has 0 saturated heterocycles. The minimum absolute atomic E-state index is 0.144. The molecule has 0 N–H and O–H groups in total. The first-order valence-electron chi connectivity index (χ1n) is 5.67. The first-order chi connectivity index (χ1) is 7.70. The maximum Gasteiger partial charge on any atom is 0.200 e. The van der Waals surface area contributed by atoms with Gasteiger partial charge in [-0.25, -0.2) is 0 Å². The molecule has 0 saturated carbocycles. The molecule has 1 nitrogen and oxygen atoms in total. The summed E-state index contributed by atoms with van der Waals surface area (Å²) in [7, 11) is 0. The summed E-state index contributed by atoms with van der Waals surface area (Å²) in [5, 5.41) is 2.59. The fourth-order valence-electron chi connectivity index (χ4n) is 1.95. The van der Waals surface area contributed by atoms with Crippen LogP contribution in [0.15, 0.2) is 17.0 Å². The molecule has 2 rings (SSSR count). The Balaban J connectivity index is 2.24. The number of thiophene rings is 1. The van der Waals surface area contributed by atoms with Gasteiger partial charge in [-0.15, -0.1) is 11.3 Å². The van der Waals surface area contributed by atoms with E-state index in [1.807, 2.05) is 12.3 Å². The highest BCUT2D eigenvalue weighted by atomic mass is 35.5. The van der Waals surface area contributed by atoms with Crippen LogP contribution in [-0.2, 0) is 0 Å². The highest BCUT2D eigenvalue weighted by Crippen LogP contribution is 2.31. The van der Waals surface area contributed by atoms with Crippen molar-refractivity contribution in [3.8, 4) is 0 Å². The van der Waals surface area contributed by atoms with Crippen LogP contribution in [0.3, 0.4) is 0 Å². The van der Waals surface area contributed by atoms with Crippen molar-refractivity contribution in [1.29, 1.82) is 0 Å². The number of rotatable bonds is 2. The van der Waals surface area contributed by atoms with Gasteiger partial charge in [-0.2, -0.15) is 0 Å². The molecule has 0 bridgehead atoms. The molecule has 0 unspecified atom stereocenters. The van der Waals surface area contributed by atoms with Crippen LogP contribution in [0.25, 0.3) is 0 Å². The maximum atomic E-state index is 12.2. The Kier molecular flexibility index (Phi) is 3.82. The van der Waals surface area contributed by atoms with Crippen molar-refractivity contribution in [2.45, 2.75) is 39.0 Å². The van der Waals surface area contributed by atoms with Crippen LogP contribution in [0.2, 0.25) is 5.02 Å². The van der Waals surface area contributed by atoms with Gasteiger partial charge in [0.1, 0.15) is 0 Å². The summed E-state index contributed by atoms with van der Waals surface area (Å²) in [4.78, 5) is 13.0. The molecule has 0 aliphatic heterocycles. The van der Waals surface area contributed by atoms with Crippen molar-refractivity contribution in [2.24, 2.45) is 0 Å². The van der Waals surface area contributed by atoms with Crippen LogP contribution in [0.5, 0.6) is 0 Å². The molecular formula is C13H15ClOS. The monoisotopic (exact) mass is 254 g/mol. The Bertz CT molecular complexity index is 431. The quantitative estimate of drug-likeness (QED) is 0.694. The van der Waals surface area contributed by atoms with Gasteiger partial charge >= 0.3 is 0 Å². The smallest absolute Gasteiger partial charge is 0.200 e. The zero-order chi connectivity index (χ0) is 11.5. The molecule has 0 aromatic carbocycles. The molecule has 0 atom stereocenters. The third-order valence-corrected chi connectivity index (χ3v) is 4.63. The largest absolute Gasteiger partial charge is 0.288 e. The van der Waals surface area contributed by atoms with Crippen LogP contribution in [0, 0.1) is 6.92 Å². The van der Waals surface area contributed by atoms with E-state index in [1.165, 1.54) is 24.2 Å². The zero-order valence-corrected chi connectivity index (χ0v) is 11.0. The van der Waals surface area contributed by atoms with Crippen LogP contribution < -0.4 is 0 Å². The number of halogens is 1. The van der Waals surface area contributed by atoms with E-state index >= 15 is 0 Å². The summed E-state index contributed by atoms with van der Waals surface area (Å²) >= 11 is 7.59. The first kappa shape index (κ1) is 11.9. The lowest BCUT2D eigenvalue weighted by atomic mass is 10.0. The predicted octanol–water partition coefficient (Wildman–Crippen LogP) is 4.78. The van der Waals surface area contributed by atoms with E-state index in [0.29, 0.717) is 9.90 Å². The standard InChI is InChI=1S/C13H15ClOS/c1-9-8-16-13(11(9)14)12(15)10-6-4-2-3-5-7-10/h6,8H,2-5,7H2,1H3. The van der Waals surface area contributed by atoms with Gasteiger partial charge in [-0.3, -0.25) is 4.79 Å². The molecule has 3 heteroatoms. The van der Waals surface area contributed by atoms with E-state index in [0.717, 1.165) is 30.4 Å². The number of allylic oxidation sites excluding steroid dienone is 2. The number of hydrogen-bond acceptors (Lipinski definition) is 2. The molecule has 16 heavy (non-hydrogen) atoms. The first-order valence-corrected chi connectivity index (χ1v) is 6.93. The number of Topliss-reactive ketones (excluding diaryl/α,β-unsaturated/α-hetero) is 1. The summed E-state index contributed by atoms with van der Waals surface area (Å²) in [5.41, 5.74) is 1.96. The van der Waals surface area contributed by atoms with Crippen LogP contribution in [0.1, 0.15) is 47.3 Å². The van der Waals surface area contributed by atoms with Crippen LogP contribution >= 0.6 is 22.9 Å². The average molecular weight is 255 g/mol. The van der Waals surface area contributed by atoms with Crippen molar-refractivity contribution in [1.82, 2.24) is 0 Å². The van der Waals surface area contributed by atoms with Gasteiger partial charge < -0.3 is 0 Å². The number of carbonyl (C=O) groups is 1. The van der Waals surface area contributed by atoms with E-state index < -0.39 is 0 Å². The minimum atomic E-state index is 0.144. The lowest BCUT2D eigenvalue weighted by molar-refractivity contribution is 0.103. The highest BCUT2D eigenvalue weighted by molar-refractivity contribution is 7.13. The van der Waals surface area contributed by atoms with Crippen molar-refractivity contribution >= 4 is 28.7 Å². The average Bonchev–Trinajstić information content (AvgIpc) is 2.53. The van der Waals surface area contributed by atoms with Crippen molar-refractivity contribution in [2.75, 3.05) is 0 Å². The summed E-state index contributed by atoms with van der Waals surface area (Å²) in [6.45, 7) is 1.94. The van der Waals surface area contributed by atoms with Crippen LogP contribution in [-0.4, -0.2) is 5.78 Å². The Morgan fingerprint density at radius 1 is 1.38 bits per heavy atom. The van der Waals surface area contributed by atoms with E-state index in [-0.39, 0.29) is 5.78 Å². The molecule has 1 aliphatic carbocycles. The molecule has 0 radical (unpaired) electrons. The Morgan fingerprint density at radius 2 is 2.19 bits per heavy atom. The topological polar surface area (TPSA) is 17.1 Å². The second kappa shape index (κ2) is 5.15. The lowest BCUT2D eigenvalue weighted by Gasteiger charge is -2.02. The third-order valence-electron chi connectivity index (χ3n) is 2.94. The summed E-state index contributed by atoms with van der Waals surface area (Å²) < 4.78 is 0. The molecule has 1 heterocycles. The van der Waals surface area contributed by atoms with Crippen molar-refractivity contribution < 1.29 is 4.79 Å². The van der Waals surface area contributed by atoms with E-state index in [1.54, 1.807) is 0 Å². The Morgan fingerprint density at radius 3 is 2.88 bits per heavy atom. The van der Waals surface area contributed by atoms with Crippen molar-refractivity contribution in [3.63, 3.8) is 0 Å². The zero-order valence-electron chi connectivity index (χ0n) is 9.38. The van der Waals surface area contributed by atoms with Gasteiger partial charge in [0.15, 0.2) is 5.78 Å². The second-order valence-corrected chi connectivity index (χ2v) is 5.48. The maximum absolute atomic E-state index is 12.2. The normalized spacial score (nSPS) is 16.8.